The molecule has 2 rings (SSSR count). The molecule has 1 aliphatic rings. The normalized spacial score (nSPS) is 23.0. The number of nitrogens with zero attached hydrogens (tertiary/aromatic N) is 1. The zero-order chi connectivity index (χ0) is 15.8. The average Bonchev–Trinajstić information content (AvgIpc) is 2.84. The first-order valence-electron chi connectivity index (χ1n) is 6.57. The lowest BCUT2D eigenvalue weighted by molar-refractivity contribution is 0.102. The van der Waals surface area contributed by atoms with Gasteiger partial charge in [-0.1, -0.05) is 23.2 Å². The van der Waals surface area contributed by atoms with Crippen LogP contribution in [0.1, 0.15) is 18.9 Å². The number of ether oxygens (including phenoxy) is 1. The predicted octanol–water partition coefficient (Wildman–Crippen LogP) is 2.25. The molecule has 0 aliphatic carbocycles. The second kappa shape index (κ2) is 6.40. The Labute approximate surface area is 135 Å². The fourth-order valence-corrected chi connectivity index (χ4v) is 4.84. The van der Waals surface area contributed by atoms with Crippen molar-refractivity contribution in [2.45, 2.75) is 36.9 Å². The van der Waals surface area contributed by atoms with Gasteiger partial charge in [0.2, 0.25) is 10.0 Å². The van der Waals surface area contributed by atoms with Crippen LogP contribution < -0.4 is 5.73 Å². The number of rotatable bonds is 4. The van der Waals surface area contributed by atoms with Crippen LogP contribution in [-0.2, 0) is 21.3 Å². The molecule has 1 fully saturated rings. The Morgan fingerprint density at radius 1 is 1.43 bits per heavy atom. The Bertz CT molecular complexity index is 637. The topological polar surface area (TPSA) is 72.6 Å². The number of nitrogens with two attached hydrogens (primary N) is 1. The second-order valence-electron chi connectivity index (χ2n) is 5.00. The van der Waals surface area contributed by atoms with Gasteiger partial charge in [-0.2, -0.15) is 4.31 Å². The van der Waals surface area contributed by atoms with E-state index in [0.29, 0.717) is 23.6 Å². The zero-order valence-electron chi connectivity index (χ0n) is 11.8. The lowest BCUT2D eigenvalue weighted by Gasteiger charge is -2.26. The Hall–Kier alpha value is -0.370. The van der Waals surface area contributed by atoms with Crippen LogP contribution in [0.4, 0.5) is 0 Å². The van der Waals surface area contributed by atoms with Crippen molar-refractivity contribution in [3.63, 3.8) is 0 Å². The van der Waals surface area contributed by atoms with Gasteiger partial charge in [-0.3, -0.25) is 0 Å². The van der Waals surface area contributed by atoms with E-state index >= 15 is 0 Å². The van der Waals surface area contributed by atoms with Gasteiger partial charge in [-0.25, -0.2) is 8.42 Å². The van der Waals surface area contributed by atoms with Crippen molar-refractivity contribution in [3.8, 4) is 0 Å². The monoisotopic (exact) mass is 352 g/mol. The van der Waals surface area contributed by atoms with Crippen LogP contribution in [0.2, 0.25) is 10.0 Å². The molecule has 1 heterocycles. The maximum Gasteiger partial charge on any atom is 0.244 e. The molecule has 1 aromatic carbocycles. The summed E-state index contributed by atoms with van der Waals surface area (Å²) < 4.78 is 32.3. The van der Waals surface area contributed by atoms with Crippen LogP contribution in [0.3, 0.4) is 0 Å². The molecule has 0 radical (unpaired) electrons. The van der Waals surface area contributed by atoms with Gasteiger partial charge in [0.05, 0.1) is 17.2 Å². The van der Waals surface area contributed by atoms with E-state index in [1.807, 2.05) is 6.92 Å². The summed E-state index contributed by atoms with van der Waals surface area (Å²) in [6.45, 7) is 2.49. The highest BCUT2D eigenvalue weighted by molar-refractivity contribution is 7.89. The van der Waals surface area contributed by atoms with Gasteiger partial charge in [-0.05, 0) is 25.5 Å². The molecule has 2 N–H and O–H groups in total. The van der Waals surface area contributed by atoms with Gasteiger partial charge in [0, 0.05) is 30.8 Å². The molecular formula is C13H18Cl2N2O3S. The number of likely N-dealkylation sites (N-methyl/N-ethyl adjacent to an activating group) is 1. The molecule has 0 bridgehead atoms. The molecule has 0 amide bonds. The van der Waals surface area contributed by atoms with E-state index < -0.39 is 10.0 Å². The summed E-state index contributed by atoms with van der Waals surface area (Å²) in [7, 11) is -2.19. The summed E-state index contributed by atoms with van der Waals surface area (Å²) in [6.07, 6.45) is 0.510. The Morgan fingerprint density at radius 2 is 2.10 bits per heavy atom. The van der Waals surface area contributed by atoms with E-state index in [-0.39, 0.29) is 28.6 Å². The average molecular weight is 353 g/mol. The van der Waals surface area contributed by atoms with Gasteiger partial charge in [0.1, 0.15) is 4.90 Å². The van der Waals surface area contributed by atoms with Crippen LogP contribution in [0.15, 0.2) is 17.0 Å². The van der Waals surface area contributed by atoms with Gasteiger partial charge in [0.15, 0.2) is 0 Å². The fraction of sp³-hybridized carbons (Fsp3) is 0.538. The first kappa shape index (κ1) is 17.0. The minimum atomic E-state index is -3.73. The third-order valence-corrected chi connectivity index (χ3v) is 6.64. The molecule has 0 spiro atoms. The summed E-state index contributed by atoms with van der Waals surface area (Å²) in [5.74, 6) is 0. The molecule has 0 aromatic heterocycles. The Morgan fingerprint density at radius 3 is 2.62 bits per heavy atom. The molecule has 1 saturated heterocycles. The number of benzene rings is 1. The summed E-state index contributed by atoms with van der Waals surface area (Å²) in [4.78, 5) is 0.0237. The van der Waals surface area contributed by atoms with Gasteiger partial charge in [0.25, 0.3) is 0 Å². The minimum absolute atomic E-state index is 0.0237. The smallest absolute Gasteiger partial charge is 0.244 e. The van der Waals surface area contributed by atoms with Crippen molar-refractivity contribution in [2.24, 2.45) is 5.73 Å². The first-order chi connectivity index (χ1) is 9.80. The third kappa shape index (κ3) is 3.06. The van der Waals surface area contributed by atoms with Crippen molar-refractivity contribution < 1.29 is 13.2 Å². The van der Waals surface area contributed by atoms with Crippen LogP contribution in [0, 0.1) is 0 Å². The van der Waals surface area contributed by atoms with E-state index in [4.69, 9.17) is 33.7 Å². The standard InChI is InChI=1S/C13H18Cl2N2O3S/c1-8-11(5-6-20-8)17(2)21(18,19)12-4-3-10(14)9(7-16)13(12)15/h3-4,8,11H,5-7,16H2,1-2H3. The van der Waals surface area contributed by atoms with Crippen LogP contribution in [-0.4, -0.2) is 38.5 Å². The molecule has 1 aromatic rings. The maximum atomic E-state index is 12.8. The van der Waals surface area contributed by atoms with Crippen LogP contribution >= 0.6 is 23.2 Å². The van der Waals surface area contributed by atoms with Crippen molar-refractivity contribution in [3.05, 3.63) is 27.7 Å². The zero-order valence-corrected chi connectivity index (χ0v) is 14.2. The second-order valence-corrected chi connectivity index (χ2v) is 7.75. The lowest BCUT2D eigenvalue weighted by Crippen LogP contribution is -2.41. The van der Waals surface area contributed by atoms with E-state index in [2.05, 4.69) is 0 Å². The molecule has 8 heteroatoms. The van der Waals surface area contributed by atoms with Crippen molar-refractivity contribution in [1.82, 2.24) is 4.31 Å². The van der Waals surface area contributed by atoms with Crippen molar-refractivity contribution in [2.75, 3.05) is 13.7 Å². The van der Waals surface area contributed by atoms with E-state index in [1.165, 1.54) is 23.5 Å². The highest BCUT2D eigenvalue weighted by Gasteiger charge is 2.36. The van der Waals surface area contributed by atoms with Gasteiger partial charge in [-0.15, -0.1) is 0 Å². The SMILES string of the molecule is CC1OCCC1N(C)S(=O)(=O)c1ccc(Cl)c(CN)c1Cl. The molecule has 5 nitrogen and oxygen atoms in total. The number of sulfonamides is 1. The summed E-state index contributed by atoms with van der Waals surface area (Å²) >= 11 is 12.2. The predicted molar refractivity (Wildman–Crippen MR) is 83.1 cm³/mol. The number of hydrogen-bond acceptors (Lipinski definition) is 4. The molecule has 118 valence electrons. The quantitative estimate of drug-likeness (QED) is 0.901. The maximum absolute atomic E-state index is 12.8. The highest BCUT2D eigenvalue weighted by Crippen LogP contribution is 2.34. The molecule has 2 atom stereocenters. The van der Waals surface area contributed by atoms with Crippen molar-refractivity contribution >= 4 is 33.2 Å². The van der Waals surface area contributed by atoms with E-state index in [9.17, 15) is 8.42 Å². The molecule has 21 heavy (non-hydrogen) atoms. The summed E-state index contributed by atoms with van der Waals surface area (Å²) in [5, 5.41) is 0.449. The Kier molecular flexibility index (Phi) is 5.18. The fourth-order valence-electron chi connectivity index (χ4n) is 2.49. The molecule has 2 unspecified atom stereocenters. The molecular weight excluding hydrogens is 335 g/mol. The largest absolute Gasteiger partial charge is 0.377 e. The summed E-state index contributed by atoms with van der Waals surface area (Å²) in [5.41, 5.74) is 6.02. The molecule has 1 aliphatic heterocycles. The summed E-state index contributed by atoms with van der Waals surface area (Å²) in [6, 6.07) is 2.71. The van der Waals surface area contributed by atoms with Crippen LogP contribution in [0.25, 0.3) is 0 Å². The van der Waals surface area contributed by atoms with Gasteiger partial charge < -0.3 is 10.5 Å². The number of hydrogen-bond donors (Lipinski definition) is 1. The first-order valence-corrected chi connectivity index (χ1v) is 8.77. The van der Waals surface area contributed by atoms with E-state index in [1.54, 1.807) is 0 Å². The van der Waals surface area contributed by atoms with E-state index in [0.717, 1.165) is 0 Å². The molecule has 0 saturated carbocycles. The third-order valence-electron chi connectivity index (χ3n) is 3.82. The minimum Gasteiger partial charge on any atom is -0.377 e. The lowest BCUT2D eigenvalue weighted by atomic mass is 10.2. The van der Waals surface area contributed by atoms with Crippen molar-refractivity contribution in [1.29, 1.82) is 0 Å². The van der Waals surface area contributed by atoms with Crippen LogP contribution in [0.5, 0.6) is 0 Å². The number of halogens is 2. The highest BCUT2D eigenvalue weighted by atomic mass is 35.5. The Balaban J connectivity index is 2.44. The van der Waals surface area contributed by atoms with Gasteiger partial charge >= 0.3 is 0 Å².